The van der Waals surface area contributed by atoms with Crippen molar-refractivity contribution in [2.75, 3.05) is 33.8 Å². The molecule has 1 amide bonds. The zero-order valence-corrected chi connectivity index (χ0v) is 17.6. The summed E-state index contributed by atoms with van der Waals surface area (Å²) in [5.74, 6) is 0.962. The number of benzene rings is 2. The predicted octanol–water partition coefficient (Wildman–Crippen LogP) is 3.30. The van der Waals surface area contributed by atoms with Gasteiger partial charge in [0.15, 0.2) is 5.96 Å². The summed E-state index contributed by atoms with van der Waals surface area (Å²) in [4.78, 5) is 17.6. The summed E-state index contributed by atoms with van der Waals surface area (Å²) in [6.45, 7) is 1.05. The van der Waals surface area contributed by atoms with Gasteiger partial charge in [-0.15, -0.1) is 0 Å². The quantitative estimate of drug-likeness (QED) is 0.360. The largest absolute Gasteiger partial charge is 0.494 e. The molecule has 2 aromatic carbocycles. The summed E-state index contributed by atoms with van der Waals surface area (Å²) in [6, 6.07) is 14.4. The molecule has 31 heavy (non-hydrogen) atoms. The zero-order chi connectivity index (χ0) is 22.7. The number of hydrogen-bond acceptors (Lipinski definition) is 3. The van der Waals surface area contributed by atoms with Crippen LogP contribution in [0.15, 0.2) is 59.6 Å². The van der Waals surface area contributed by atoms with Crippen LogP contribution in [-0.4, -0.2) is 50.6 Å². The van der Waals surface area contributed by atoms with E-state index in [1.54, 1.807) is 20.2 Å². The lowest BCUT2D eigenvalue weighted by molar-refractivity contribution is -0.137. The Bertz CT molecular complexity index is 855. The number of halogens is 3. The second-order valence-electron chi connectivity index (χ2n) is 6.95. The first-order chi connectivity index (χ1) is 14.8. The second kappa shape index (κ2) is 11.8. The van der Waals surface area contributed by atoms with Crippen molar-refractivity contribution in [2.45, 2.75) is 19.1 Å². The van der Waals surface area contributed by atoms with Gasteiger partial charge >= 0.3 is 6.18 Å². The third kappa shape index (κ3) is 8.98. The van der Waals surface area contributed by atoms with E-state index in [4.69, 9.17) is 4.74 Å². The number of hydrogen-bond donors (Lipinski definition) is 2. The maximum Gasteiger partial charge on any atom is 0.416 e. The lowest BCUT2D eigenvalue weighted by Crippen LogP contribution is -2.43. The molecule has 0 heterocycles. The predicted molar refractivity (Wildman–Crippen MR) is 114 cm³/mol. The van der Waals surface area contributed by atoms with Crippen molar-refractivity contribution in [1.29, 1.82) is 0 Å². The van der Waals surface area contributed by atoms with Crippen LogP contribution in [0.25, 0.3) is 0 Å². The number of likely N-dealkylation sites (N-methyl/N-ethyl adjacent to an activating group) is 1. The molecule has 0 spiro atoms. The van der Waals surface area contributed by atoms with Gasteiger partial charge < -0.3 is 20.3 Å². The number of carbonyl (C=O) groups is 1. The minimum absolute atomic E-state index is 0.0158. The molecule has 0 fully saturated rings. The van der Waals surface area contributed by atoms with E-state index >= 15 is 0 Å². The summed E-state index contributed by atoms with van der Waals surface area (Å²) in [5.41, 5.74) is -0.300. The van der Waals surface area contributed by atoms with Crippen molar-refractivity contribution in [3.63, 3.8) is 0 Å². The highest BCUT2D eigenvalue weighted by atomic mass is 19.4. The third-order valence-electron chi connectivity index (χ3n) is 4.21. The lowest BCUT2D eigenvalue weighted by atomic mass is 10.1. The molecular formula is C22H27F3N4O2. The molecule has 0 unspecified atom stereocenters. The number of para-hydroxylation sites is 1. The van der Waals surface area contributed by atoms with Crippen molar-refractivity contribution in [3.05, 3.63) is 65.7 Å². The first-order valence-electron chi connectivity index (χ1n) is 9.82. The Hall–Kier alpha value is -3.23. The minimum atomic E-state index is -4.41. The van der Waals surface area contributed by atoms with E-state index in [1.807, 2.05) is 30.3 Å². The van der Waals surface area contributed by atoms with Crippen molar-refractivity contribution in [3.8, 4) is 5.75 Å². The van der Waals surface area contributed by atoms with Gasteiger partial charge in [-0.2, -0.15) is 13.2 Å². The number of aliphatic imine (C=N–C) groups is 1. The average Bonchev–Trinajstić information content (AvgIpc) is 2.74. The highest BCUT2D eigenvalue weighted by molar-refractivity contribution is 5.86. The maximum atomic E-state index is 12.9. The summed E-state index contributed by atoms with van der Waals surface area (Å²) in [5, 5.41) is 5.99. The van der Waals surface area contributed by atoms with E-state index in [0.29, 0.717) is 31.1 Å². The summed E-state index contributed by atoms with van der Waals surface area (Å²) in [6.07, 6.45) is -3.74. The number of alkyl halides is 3. The molecule has 0 radical (unpaired) electrons. The Kier molecular flexibility index (Phi) is 9.17. The van der Waals surface area contributed by atoms with Crippen molar-refractivity contribution in [2.24, 2.45) is 4.99 Å². The Balaban J connectivity index is 1.93. The van der Waals surface area contributed by atoms with E-state index in [2.05, 4.69) is 15.6 Å². The smallest absolute Gasteiger partial charge is 0.416 e. The highest BCUT2D eigenvalue weighted by Crippen LogP contribution is 2.29. The van der Waals surface area contributed by atoms with Gasteiger partial charge in [0.25, 0.3) is 0 Å². The number of amides is 1. The molecule has 2 N–H and O–H groups in total. The molecule has 2 aromatic rings. The summed E-state index contributed by atoms with van der Waals surface area (Å²) < 4.78 is 44.3. The topological polar surface area (TPSA) is 66.0 Å². The average molecular weight is 436 g/mol. The van der Waals surface area contributed by atoms with Gasteiger partial charge in [-0.25, -0.2) is 4.99 Å². The molecule has 2 rings (SSSR count). The van der Waals surface area contributed by atoms with Crippen LogP contribution in [-0.2, 0) is 17.5 Å². The van der Waals surface area contributed by atoms with Crippen LogP contribution in [0.2, 0.25) is 0 Å². The number of rotatable bonds is 9. The molecule has 9 heteroatoms. The highest BCUT2D eigenvalue weighted by Gasteiger charge is 2.30. The molecule has 0 aromatic heterocycles. The van der Waals surface area contributed by atoms with Crippen molar-refractivity contribution < 1.29 is 22.7 Å². The molecule has 0 saturated carbocycles. The van der Waals surface area contributed by atoms with Gasteiger partial charge in [-0.05, 0) is 36.2 Å². The molecule has 0 aliphatic rings. The monoisotopic (exact) mass is 436 g/mol. The first-order valence-corrected chi connectivity index (χ1v) is 9.82. The molecule has 0 aliphatic carbocycles. The van der Waals surface area contributed by atoms with E-state index in [-0.39, 0.29) is 19.0 Å². The molecule has 0 aliphatic heterocycles. The number of carbonyl (C=O) groups excluding carboxylic acids is 1. The van der Waals surface area contributed by atoms with E-state index < -0.39 is 11.7 Å². The Morgan fingerprint density at radius 2 is 1.81 bits per heavy atom. The van der Waals surface area contributed by atoms with E-state index in [1.165, 1.54) is 11.0 Å². The number of ether oxygens (including phenoxy) is 1. The summed E-state index contributed by atoms with van der Waals surface area (Å²) in [7, 11) is 3.27. The SMILES string of the molecule is CN(C)C(=O)CNC(=NCc1cccc(C(F)(F)F)c1)NCCCOc1ccccc1. The van der Waals surface area contributed by atoms with Crippen molar-refractivity contribution >= 4 is 11.9 Å². The maximum absolute atomic E-state index is 12.9. The van der Waals surface area contributed by atoms with Crippen LogP contribution < -0.4 is 15.4 Å². The van der Waals surface area contributed by atoms with Crippen LogP contribution in [0.3, 0.4) is 0 Å². The molecule has 0 bridgehead atoms. The Morgan fingerprint density at radius 1 is 1.06 bits per heavy atom. The first kappa shape index (κ1) is 24.0. The molecule has 6 nitrogen and oxygen atoms in total. The Morgan fingerprint density at radius 3 is 2.48 bits per heavy atom. The van der Waals surface area contributed by atoms with Crippen LogP contribution in [0.4, 0.5) is 13.2 Å². The molecule has 0 atom stereocenters. The second-order valence-corrected chi connectivity index (χ2v) is 6.95. The molecule has 168 valence electrons. The van der Waals surface area contributed by atoms with E-state index in [9.17, 15) is 18.0 Å². The van der Waals surface area contributed by atoms with Gasteiger partial charge in [0.05, 0.1) is 25.3 Å². The number of nitrogens with zero attached hydrogens (tertiary/aromatic N) is 2. The van der Waals surface area contributed by atoms with E-state index in [0.717, 1.165) is 17.9 Å². The third-order valence-corrected chi connectivity index (χ3v) is 4.21. The molecular weight excluding hydrogens is 409 g/mol. The van der Waals surface area contributed by atoms with Crippen LogP contribution >= 0.6 is 0 Å². The minimum Gasteiger partial charge on any atom is -0.494 e. The van der Waals surface area contributed by atoms with Crippen LogP contribution in [0, 0.1) is 0 Å². The van der Waals surface area contributed by atoms with Gasteiger partial charge in [0.2, 0.25) is 5.91 Å². The van der Waals surface area contributed by atoms with Gasteiger partial charge in [0, 0.05) is 20.6 Å². The zero-order valence-electron chi connectivity index (χ0n) is 17.6. The number of guanidine groups is 1. The fourth-order valence-electron chi connectivity index (χ4n) is 2.49. The van der Waals surface area contributed by atoms with Gasteiger partial charge in [0.1, 0.15) is 5.75 Å². The fourth-order valence-corrected chi connectivity index (χ4v) is 2.49. The van der Waals surface area contributed by atoms with Gasteiger partial charge in [-0.3, -0.25) is 4.79 Å². The summed E-state index contributed by atoms with van der Waals surface area (Å²) >= 11 is 0. The van der Waals surface area contributed by atoms with Crippen LogP contribution in [0.1, 0.15) is 17.5 Å². The standard InChI is InChI=1S/C22H27F3N4O2/c1-29(2)20(30)16-28-21(26-12-7-13-31-19-10-4-3-5-11-19)27-15-17-8-6-9-18(14-17)22(23,24)25/h3-6,8-11,14H,7,12-13,15-16H2,1-2H3,(H2,26,27,28). The van der Waals surface area contributed by atoms with Crippen LogP contribution in [0.5, 0.6) is 5.75 Å². The van der Waals surface area contributed by atoms with Gasteiger partial charge in [-0.1, -0.05) is 30.3 Å². The lowest BCUT2D eigenvalue weighted by Gasteiger charge is -2.15. The Labute approximate surface area is 180 Å². The molecule has 0 saturated heterocycles. The number of nitrogens with one attached hydrogen (secondary N) is 2. The fraction of sp³-hybridized carbons (Fsp3) is 0.364. The normalized spacial score (nSPS) is 11.7. The van der Waals surface area contributed by atoms with Crippen molar-refractivity contribution in [1.82, 2.24) is 15.5 Å².